The summed E-state index contributed by atoms with van der Waals surface area (Å²) in [7, 11) is 0. The van der Waals surface area contributed by atoms with Crippen molar-refractivity contribution in [2.75, 3.05) is 5.32 Å². The highest BCUT2D eigenvalue weighted by Crippen LogP contribution is 2.37. The molecule has 7 nitrogen and oxygen atoms in total. The third-order valence-electron chi connectivity index (χ3n) is 3.95. The van der Waals surface area contributed by atoms with Crippen LogP contribution in [0.4, 0.5) is 18.3 Å². The molecule has 3 heterocycles. The molecule has 0 aliphatic rings. The van der Waals surface area contributed by atoms with Crippen molar-refractivity contribution in [1.29, 1.82) is 0 Å². The number of aryl methyl sites for hydroxylation is 1. The molecule has 0 aliphatic carbocycles. The normalized spacial score (nSPS) is 11.7. The van der Waals surface area contributed by atoms with Gasteiger partial charge < -0.3 is 4.52 Å². The summed E-state index contributed by atoms with van der Waals surface area (Å²) in [6, 6.07) is 6.27. The summed E-state index contributed by atoms with van der Waals surface area (Å²) in [6.45, 7) is 1.61. The molecule has 0 saturated heterocycles. The highest BCUT2D eigenvalue weighted by Gasteiger charge is 2.34. The standard InChI is InChI=1S/C17H10F3N5O2S/c1-8-13-10(14(26)23-16-24-21-7-28-16)6-12(22-15(13)27-25-8)9-4-2-3-5-11(9)17(18,19)20/h2-7H,1H3,(H,23,24,26). The fourth-order valence-electron chi connectivity index (χ4n) is 2.76. The number of rotatable bonds is 3. The van der Waals surface area contributed by atoms with E-state index in [4.69, 9.17) is 4.52 Å². The first-order valence-corrected chi connectivity index (χ1v) is 8.73. The summed E-state index contributed by atoms with van der Waals surface area (Å²) in [5.74, 6) is -0.582. The average molecular weight is 405 g/mol. The molecule has 0 spiro atoms. The van der Waals surface area contributed by atoms with Crippen molar-refractivity contribution in [3.8, 4) is 11.3 Å². The zero-order valence-electron chi connectivity index (χ0n) is 14.1. The maximum Gasteiger partial charge on any atom is 0.417 e. The third-order valence-corrected chi connectivity index (χ3v) is 4.56. The maximum absolute atomic E-state index is 13.4. The number of aromatic nitrogens is 4. The molecule has 0 unspecified atom stereocenters. The lowest BCUT2D eigenvalue weighted by atomic mass is 10.0. The second kappa shape index (κ2) is 6.68. The molecule has 142 valence electrons. The Bertz CT molecular complexity index is 1170. The Morgan fingerprint density at radius 2 is 2.04 bits per heavy atom. The predicted octanol–water partition coefficient (Wildman–Crippen LogP) is 4.32. The Balaban J connectivity index is 1.90. The van der Waals surface area contributed by atoms with Crippen molar-refractivity contribution in [1.82, 2.24) is 20.3 Å². The number of hydrogen-bond donors (Lipinski definition) is 1. The van der Waals surface area contributed by atoms with Crippen molar-refractivity contribution >= 4 is 33.5 Å². The van der Waals surface area contributed by atoms with Gasteiger partial charge in [-0.3, -0.25) is 10.1 Å². The van der Waals surface area contributed by atoms with Gasteiger partial charge in [-0.05, 0) is 19.1 Å². The Morgan fingerprint density at radius 1 is 1.25 bits per heavy atom. The van der Waals surface area contributed by atoms with Crippen LogP contribution < -0.4 is 5.32 Å². The lowest BCUT2D eigenvalue weighted by molar-refractivity contribution is -0.137. The molecule has 1 N–H and O–H groups in total. The molecule has 3 aromatic heterocycles. The van der Waals surface area contributed by atoms with E-state index in [1.165, 1.54) is 29.8 Å². The molecule has 0 fully saturated rings. The minimum absolute atomic E-state index is 0.0330. The third kappa shape index (κ3) is 3.20. The van der Waals surface area contributed by atoms with E-state index in [9.17, 15) is 18.0 Å². The van der Waals surface area contributed by atoms with Crippen molar-refractivity contribution in [2.45, 2.75) is 13.1 Å². The van der Waals surface area contributed by atoms with Crippen LogP contribution >= 0.6 is 11.3 Å². The Hall–Kier alpha value is -3.34. The van der Waals surface area contributed by atoms with Crippen LogP contribution in [-0.4, -0.2) is 26.2 Å². The molecule has 0 atom stereocenters. The summed E-state index contributed by atoms with van der Waals surface area (Å²) in [4.78, 5) is 16.9. The van der Waals surface area contributed by atoms with Crippen molar-refractivity contribution in [2.24, 2.45) is 0 Å². The van der Waals surface area contributed by atoms with Gasteiger partial charge in [0.15, 0.2) is 0 Å². The molecule has 0 saturated carbocycles. The number of halogens is 3. The van der Waals surface area contributed by atoms with E-state index in [-0.39, 0.29) is 27.7 Å². The van der Waals surface area contributed by atoms with Crippen LogP contribution in [-0.2, 0) is 6.18 Å². The molecule has 0 bridgehead atoms. The Labute approximate surface area is 159 Å². The lowest BCUT2D eigenvalue weighted by Crippen LogP contribution is -2.13. The topological polar surface area (TPSA) is 93.8 Å². The highest BCUT2D eigenvalue weighted by atomic mass is 32.1. The van der Waals surface area contributed by atoms with Crippen LogP contribution in [0.5, 0.6) is 0 Å². The predicted molar refractivity (Wildman–Crippen MR) is 94.8 cm³/mol. The van der Waals surface area contributed by atoms with Gasteiger partial charge in [-0.2, -0.15) is 13.2 Å². The minimum Gasteiger partial charge on any atom is -0.335 e. The molecule has 1 amide bonds. The van der Waals surface area contributed by atoms with Gasteiger partial charge in [0.1, 0.15) is 5.51 Å². The van der Waals surface area contributed by atoms with Crippen LogP contribution in [0.2, 0.25) is 0 Å². The second-order valence-electron chi connectivity index (χ2n) is 5.74. The summed E-state index contributed by atoms with van der Waals surface area (Å²) in [6.07, 6.45) is -4.58. The van der Waals surface area contributed by atoms with Gasteiger partial charge in [0.2, 0.25) is 5.13 Å². The van der Waals surface area contributed by atoms with Crippen molar-refractivity contribution in [3.05, 3.63) is 52.7 Å². The molecular formula is C17H10F3N5O2S. The number of carbonyl (C=O) groups excluding carboxylic acids is 1. The van der Waals surface area contributed by atoms with Crippen LogP contribution in [0.25, 0.3) is 22.4 Å². The highest BCUT2D eigenvalue weighted by molar-refractivity contribution is 7.13. The average Bonchev–Trinajstić information content (AvgIpc) is 3.30. The van der Waals surface area contributed by atoms with Gasteiger partial charge >= 0.3 is 6.18 Å². The molecule has 28 heavy (non-hydrogen) atoms. The maximum atomic E-state index is 13.4. The van der Waals surface area contributed by atoms with Gasteiger partial charge in [-0.15, -0.1) is 10.2 Å². The van der Waals surface area contributed by atoms with Gasteiger partial charge in [0, 0.05) is 5.56 Å². The molecule has 11 heteroatoms. The van der Waals surface area contributed by atoms with Crippen LogP contribution in [0.15, 0.2) is 40.4 Å². The number of nitrogens with zero attached hydrogens (tertiary/aromatic N) is 4. The van der Waals surface area contributed by atoms with E-state index in [1.807, 2.05) is 0 Å². The number of nitrogens with one attached hydrogen (secondary N) is 1. The SMILES string of the molecule is Cc1noc2nc(-c3ccccc3C(F)(F)F)cc(C(=O)Nc3nncs3)c12. The second-order valence-corrected chi connectivity index (χ2v) is 6.58. The number of anilines is 1. The van der Waals surface area contributed by atoms with Crippen LogP contribution in [0, 0.1) is 6.92 Å². The quantitative estimate of drug-likeness (QED) is 0.546. The van der Waals surface area contributed by atoms with E-state index >= 15 is 0 Å². The fourth-order valence-corrected chi connectivity index (χ4v) is 3.20. The molecule has 0 aliphatic heterocycles. The number of fused-ring (bicyclic) bond motifs is 1. The lowest BCUT2D eigenvalue weighted by Gasteiger charge is -2.13. The van der Waals surface area contributed by atoms with Gasteiger partial charge in [-0.25, -0.2) is 4.98 Å². The monoisotopic (exact) mass is 405 g/mol. The van der Waals surface area contributed by atoms with Gasteiger partial charge in [0.05, 0.1) is 27.9 Å². The zero-order valence-corrected chi connectivity index (χ0v) is 14.9. The van der Waals surface area contributed by atoms with E-state index < -0.39 is 17.6 Å². The molecule has 1 aromatic carbocycles. The van der Waals surface area contributed by atoms with Crippen LogP contribution in [0.1, 0.15) is 21.6 Å². The van der Waals surface area contributed by atoms with E-state index in [1.54, 1.807) is 6.92 Å². The molecule has 0 radical (unpaired) electrons. The van der Waals surface area contributed by atoms with Gasteiger partial charge in [0.25, 0.3) is 11.6 Å². The fraction of sp³-hybridized carbons (Fsp3) is 0.118. The van der Waals surface area contributed by atoms with E-state index in [2.05, 4.69) is 25.7 Å². The number of hydrogen-bond acceptors (Lipinski definition) is 7. The zero-order chi connectivity index (χ0) is 19.9. The number of carbonyl (C=O) groups is 1. The minimum atomic E-state index is -4.58. The number of amides is 1. The molecular weight excluding hydrogens is 395 g/mol. The Morgan fingerprint density at radius 3 is 2.75 bits per heavy atom. The Kier molecular flexibility index (Phi) is 4.30. The summed E-state index contributed by atoms with van der Waals surface area (Å²) in [5.41, 5.74) is 0.775. The summed E-state index contributed by atoms with van der Waals surface area (Å²) < 4.78 is 45.3. The van der Waals surface area contributed by atoms with E-state index in [0.717, 1.165) is 17.4 Å². The largest absolute Gasteiger partial charge is 0.417 e. The summed E-state index contributed by atoms with van der Waals surface area (Å²) >= 11 is 1.11. The van der Waals surface area contributed by atoms with Crippen molar-refractivity contribution < 1.29 is 22.5 Å². The smallest absolute Gasteiger partial charge is 0.335 e. The number of benzene rings is 1. The number of alkyl halides is 3. The van der Waals surface area contributed by atoms with E-state index in [0.29, 0.717) is 11.1 Å². The van der Waals surface area contributed by atoms with Gasteiger partial charge in [-0.1, -0.05) is 34.7 Å². The van der Waals surface area contributed by atoms with Crippen molar-refractivity contribution in [3.63, 3.8) is 0 Å². The molecule has 4 aromatic rings. The summed E-state index contributed by atoms with van der Waals surface area (Å²) in [5, 5.41) is 14.3. The number of pyridine rings is 1. The first-order chi connectivity index (χ1) is 13.3. The molecule has 4 rings (SSSR count). The first kappa shape index (κ1) is 18.0. The first-order valence-electron chi connectivity index (χ1n) is 7.85. The van der Waals surface area contributed by atoms with Crippen LogP contribution in [0.3, 0.4) is 0 Å².